The highest BCUT2D eigenvalue weighted by atomic mass is 32.1. The Balaban J connectivity index is 1.67. The first-order chi connectivity index (χ1) is 9.81. The summed E-state index contributed by atoms with van der Waals surface area (Å²) in [7, 11) is 0. The smallest absolute Gasteiger partial charge is 0.248 e. The van der Waals surface area contributed by atoms with E-state index in [1.54, 1.807) is 0 Å². The molecule has 3 aromatic rings. The summed E-state index contributed by atoms with van der Waals surface area (Å²) in [5, 5.41) is 15.7. The molecule has 0 aliphatic carbocycles. The van der Waals surface area contributed by atoms with Gasteiger partial charge in [0, 0.05) is 10.9 Å². The van der Waals surface area contributed by atoms with E-state index in [1.165, 1.54) is 22.3 Å². The molecule has 1 amide bonds. The van der Waals surface area contributed by atoms with Crippen molar-refractivity contribution in [2.24, 2.45) is 0 Å². The lowest BCUT2D eigenvalue weighted by molar-refractivity contribution is -0.116. The lowest BCUT2D eigenvalue weighted by Crippen LogP contribution is -2.19. The van der Waals surface area contributed by atoms with Gasteiger partial charge in [-0.1, -0.05) is 30.3 Å². The van der Waals surface area contributed by atoms with Crippen LogP contribution in [0.2, 0.25) is 0 Å². The minimum absolute atomic E-state index is 0.0627. The zero-order valence-corrected chi connectivity index (χ0v) is 11.1. The van der Waals surface area contributed by atoms with Crippen LogP contribution in [0.1, 0.15) is 0 Å². The fraction of sp³-hybridized carbons (Fsp3) is 0.0833. The number of amides is 1. The normalized spacial score (nSPS) is 10.4. The van der Waals surface area contributed by atoms with E-state index in [2.05, 4.69) is 25.8 Å². The predicted molar refractivity (Wildman–Crippen MR) is 74.0 cm³/mol. The van der Waals surface area contributed by atoms with Gasteiger partial charge in [-0.25, -0.2) is 9.67 Å². The van der Waals surface area contributed by atoms with Crippen LogP contribution in [0.5, 0.6) is 0 Å². The number of benzene rings is 1. The summed E-state index contributed by atoms with van der Waals surface area (Å²) in [6.45, 7) is 0.0627. The Bertz CT molecular complexity index is 694. The van der Waals surface area contributed by atoms with E-state index >= 15 is 0 Å². The molecule has 0 radical (unpaired) electrons. The van der Waals surface area contributed by atoms with Gasteiger partial charge in [-0.15, -0.1) is 16.4 Å². The summed E-state index contributed by atoms with van der Waals surface area (Å²) in [6, 6.07) is 9.80. The van der Waals surface area contributed by atoms with Crippen LogP contribution in [0.15, 0.2) is 42.0 Å². The van der Waals surface area contributed by atoms with Crippen molar-refractivity contribution in [2.75, 3.05) is 5.32 Å². The Kier molecular flexibility index (Phi) is 3.46. The van der Waals surface area contributed by atoms with Gasteiger partial charge < -0.3 is 5.32 Å². The van der Waals surface area contributed by atoms with Crippen LogP contribution in [0.4, 0.5) is 5.13 Å². The van der Waals surface area contributed by atoms with Crippen LogP contribution in [0.25, 0.3) is 11.3 Å². The van der Waals surface area contributed by atoms with Gasteiger partial charge in [0.05, 0.1) is 5.69 Å². The highest BCUT2D eigenvalue weighted by Crippen LogP contribution is 2.24. The first-order valence-electron chi connectivity index (χ1n) is 5.83. The summed E-state index contributed by atoms with van der Waals surface area (Å²) < 4.78 is 1.35. The Hall–Kier alpha value is -2.61. The number of anilines is 1. The molecule has 1 aromatic carbocycles. The van der Waals surface area contributed by atoms with Gasteiger partial charge in [-0.05, 0) is 10.4 Å². The highest BCUT2D eigenvalue weighted by molar-refractivity contribution is 7.14. The molecule has 0 bridgehead atoms. The van der Waals surface area contributed by atoms with Crippen LogP contribution in [-0.4, -0.2) is 31.1 Å². The Morgan fingerprint density at radius 2 is 2.15 bits per heavy atom. The maximum atomic E-state index is 11.8. The average Bonchev–Trinajstić information content (AvgIpc) is 3.11. The van der Waals surface area contributed by atoms with Crippen molar-refractivity contribution in [3.63, 3.8) is 0 Å². The first kappa shape index (κ1) is 12.4. The van der Waals surface area contributed by atoms with Crippen molar-refractivity contribution in [1.29, 1.82) is 0 Å². The van der Waals surface area contributed by atoms with Gasteiger partial charge in [0.25, 0.3) is 0 Å². The zero-order chi connectivity index (χ0) is 13.8. The molecular formula is C12H10N6OS. The summed E-state index contributed by atoms with van der Waals surface area (Å²) in [4.78, 5) is 16.1. The number of nitrogens with zero attached hydrogens (tertiary/aromatic N) is 5. The predicted octanol–water partition coefficient (Wildman–Crippen LogP) is 1.44. The Labute approximate surface area is 118 Å². The summed E-state index contributed by atoms with van der Waals surface area (Å²) in [6.07, 6.45) is 1.39. The minimum atomic E-state index is -0.216. The monoisotopic (exact) mass is 286 g/mol. The molecule has 1 N–H and O–H groups in total. The quantitative estimate of drug-likeness (QED) is 0.784. The number of rotatable bonds is 4. The van der Waals surface area contributed by atoms with Gasteiger partial charge in [0.1, 0.15) is 12.9 Å². The molecule has 3 rings (SSSR count). The summed E-state index contributed by atoms with van der Waals surface area (Å²) in [5.41, 5.74) is 1.86. The highest BCUT2D eigenvalue weighted by Gasteiger charge is 2.08. The first-order valence-corrected chi connectivity index (χ1v) is 6.71. The van der Waals surface area contributed by atoms with Crippen LogP contribution in [0.3, 0.4) is 0 Å². The third kappa shape index (κ3) is 2.86. The van der Waals surface area contributed by atoms with E-state index in [0.29, 0.717) is 5.13 Å². The lowest BCUT2D eigenvalue weighted by atomic mass is 10.2. The van der Waals surface area contributed by atoms with E-state index in [9.17, 15) is 4.79 Å². The molecule has 8 heteroatoms. The molecule has 0 spiro atoms. The fourth-order valence-electron chi connectivity index (χ4n) is 1.63. The molecule has 2 aromatic heterocycles. The van der Waals surface area contributed by atoms with E-state index in [-0.39, 0.29) is 12.5 Å². The molecular weight excluding hydrogens is 276 g/mol. The molecule has 0 atom stereocenters. The van der Waals surface area contributed by atoms with E-state index in [0.717, 1.165) is 11.3 Å². The van der Waals surface area contributed by atoms with Crippen molar-refractivity contribution >= 4 is 22.4 Å². The van der Waals surface area contributed by atoms with Crippen molar-refractivity contribution in [2.45, 2.75) is 6.54 Å². The second-order valence-electron chi connectivity index (χ2n) is 3.96. The third-order valence-electron chi connectivity index (χ3n) is 2.52. The molecule has 0 saturated carbocycles. The zero-order valence-electron chi connectivity index (χ0n) is 10.3. The minimum Gasteiger partial charge on any atom is -0.300 e. The number of tetrazole rings is 1. The number of thiazole rings is 1. The molecule has 7 nitrogen and oxygen atoms in total. The van der Waals surface area contributed by atoms with Crippen LogP contribution < -0.4 is 5.32 Å². The molecule has 0 saturated heterocycles. The Morgan fingerprint density at radius 3 is 2.90 bits per heavy atom. The van der Waals surface area contributed by atoms with Crippen molar-refractivity contribution < 1.29 is 4.79 Å². The molecule has 2 heterocycles. The number of aromatic nitrogens is 5. The van der Waals surface area contributed by atoms with Crippen LogP contribution >= 0.6 is 11.3 Å². The van der Waals surface area contributed by atoms with E-state index in [1.807, 2.05) is 35.7 Å². The number of carbonyl (C=O) groups is 1. The topological polar surface area (TPSA) is 85.6 Å². The lowest BCUT2D eigenvalue weighted by Gasteiger charge is -2.00. The number of hydrogen-bond acceptors (Lipinski definition) is 6. The van der Waals surface area contributed by atoms with Crippen molar-refractivity contribution in [3.8, 4) is 11.3 Å². The van der Waals surface area contributed by atoms with Gasteiger partial charge in [-0.2, -0.15) is 0 Å². The molecule has 20 heavy (non-hydrogen) atoms. The molecule has 0 aliphatic heterocycles. The van der Waals surface area contributed by atoms with Crippen molar-refractivity contribution in [3.05, 3.63) is 42.0 Å². The fourth-order valence-corrected chi connectivity index (χ4v) is 2.37. The average molecular weight is 286 g/mol. The van der Waals surface area contributed by atoms with Gasteiger partial charge in [-0.3, -0.25) is 4.79 Å². The molecule has 100 valence electrons. The van der Waals surface area contributed by atoms with E-state index in [4.69, 9.17) is 0 Å². The van der Waals surface area contributed by atoms with Gasteiger partial charge >= 0.3 is 0 Å². The van der Waals surface area contributed by atoms with E-state index < -0.39 is 0 Å². The maximum absolute atomic E-state index is 11.8. The number of nitrogens with one attached hydrogen (secondary N) is 1. The largest absolute Gasteiger partial charge is 0.300 e. The molecule has 0 fully saturated rings. The maximum Gasteiger partial charge on any atom is 0.248 e. The Morgan fingerprint density at radius 1 is 1.30 bits per heavy atom. The third-order valence-corrected chi connectivity index (χ3v) is 3.27. The van der Waals surface area contributed by atoms with Crippen LogP contribution in [-0.2, 0) is 11.3 Å². The molecule has 0 aliphatic rings. The van der Waals surface area contributed by atoms with Gasteiger partial charge in [0.15, 0.2) is 5.13 Å². The summed E-state index contributed by atoms with van der Waals surface area (Å²) >= 11 is 1.38. The second-order valence-corrected chi connectivity index (χ2v) is 4.82. The molecule has 0 unspecified atom stereocenters. The van der Waals surface area contributed by atoms with Crippen molar-refractivity contribution in [1.82, 2.24) is 25.2 Å². The van der Waals surface area contributed by atoms with Crippen LogP contribution in [0, 0.1) is 0 Å². The second kappa shape index (κ2) is 5.57. The number of carbonyl (C=O) groups excluding carboxylic acids is 1. The summed E-state index contributed by atoms with van der Waals surface area (Å²) in [5.74, 6) is -0.216. The van der Waals surface area contributed by atoms with Gasteiger partial charge in [0.2, 0.25) is 5.91 Å². The number of hydrogen-bond donors (Lipinski definition) is 1. The SMILES string of the molecule is O=C(Cn1cnnn1)Nc1nc(-c2ccccc2)cs1. The standard InChI is InChI=1S/C12H10N6OS/c19-11(6-18-8-13-16-17-18)15-12-14-10(7-20-12)9-4-2-1-3-5-9/h1-5,7-8H,6H2,(H,14,15,19).